The molecule has 2 aromatic rings. The molecule has 0 saturated carbocycles. The Labute approximate surface area is 136 Å². The van der Waals surface area contributed by atoms with Crippen LogP contribution >= 0.6 is 45.5 Å². The van der Waals surface area contributed by atoms with E-state index in [2.05, 4.69) is 53.0 Å². The van der Waals surface area contributed by atoms with Crippen molar-refractivity contribution in [2.45, 2.75) is 32.2 Å². The van der Waals surface area contributed by atoms with Crippen LogP contribution < -0.4 is 5.32 Å². The molecular formula is C15H15ClINS. The van der Waals surface area contributed by atoms with Gasteiger partial charge >= 0.3 is 0 Å². The largest absolute Gasteiger partial charge is 0.377 e. The zero-order chi connectivity index (χ0) is 13.4. The molecule has 19 heavy (non-hydrogen) atoms. The van der Waals surface area contributed by atoms with Gasteiger partial charge in [-0.15, -0.1) is 11.3 Å². The van der Waals surface area contributed by atoms with Gasteiger partial charge < -0.3 is 5.32 Å². The summed E-state index contributed by atoms with van der Waals surface area (Å²) in [5, 5.41) is 4.43. The van der Waals surface area contributed by atoms with Gasteiger partial charge in [0.2, 0.25) is 0 Å². The fourth-order valence-electron chi connectivity index (χ4n) is 2.60. The van der Waals surface area contributed by atoms with Crippen LogP contribution in [0.15, 0.2) is 24.3 Å². The van der Waals surface area contributed by atoms with E-state index in [-0.39, 0.29) is 0 Å². The summed E-state index contributed by atoms with van der Waals surface area (Å²) in [6, 6.07) is 8.94. The Morgan fingerprint density at radius 2 is 2.21 bits per heavy atom. The quantitative estimate of drug-likeness (QED) is 0.624. The lowest BCUT2D eigenvalue weighted by atomic mass is 9.94. The van der Waals surface area contributed by atoms with E-state index in [1.54, 1.807) is 0 Å². The number of anilines is 1. The minimum absolute atomic E-state index is 0.406. The third kappa shape index (κ3) is 2.93. The minimum Gasteiger partial charge on any atom is -0.377 e. The predicted octanol–water partition coefficient (Wildman–Crippen LogP) is 5.80. The maximum Gasteiger partial charge on any atom is 0.0660 e. The van der Waals surface area contributed by atoms with Crippen molar-refractivity contribution in [2.24, 2.45) is 0 Å². The Hall–Kier alpha value is -0.260. The highest BCUT2D eigenvalue weighted by Crippen LogP contribution is 2.39. The average Bonchev–Trinajstić information content (AvgIpc) is 2.74. The van der Waals surface area contributed by atoms with E-state index >= 15 is 0 Å². The first-order chi connectivity index (χ1) is 9.13. The molecule has 1 N–H and O–H groups in total. The van der Waals surface area contributed by atoms with Gasteiger partial charge in [-0.2, -0.15) is 0 Å². The monoisotopic (exact) mass is 403 g/mol. The number of hydrogen-bond donors (Lipinski definition) is 1. The standard InChI is InChI=1S/C15H15ClINS/c1-9-5-6-13(11(16)7-9)18-12-3-2-4-14-10(12)8-15(17)19-14/h5-8,12,18H,2-4H2,1H3. The molecule has 0 radical (unpaired) electrons. The third-order valence-corrected chi connectivity index (χ3v) is 5.82. The Kier molecular flexibility index (Phi) is 4.06. The van der Waals surface area contributed by atoms with Crippen molar-refractivity contribution < 1.29 is 0 Å². The van der Waals surface area contributed by atoms with Gasteiger partial charge in [-0.05, 0) is 78.1 Å². The van der Waals surface area contributed by atoms with Crippen LogP contribution in [-0.2, 0) is 6.42 Å². The molecule has 1 unspecified atom stereocenters. The number of hydrogen-bond acceptors (Lipinski definition) is 2. The Balaban J connectivity index is 1.88. The molecule has 1 aromatic heterocycles. The molecule has 1 heterocycles. The van der Waals surface area contributed by atoms with E-state index in [1.165, 1.54) is 38.2 Å². The second-order valence-corrected chi connectivity index (χ2v) is 8.44. The maximum absolute atomic E-state index is 6.32. The van der Waals surface area contributed by atoms with E-state index in [9.17, 15) is 0 Å². The molecule has 100 valence electrons. The van der Waals surface area contributed by atoms with Crippen molar-refractivity contribution in [3.8, 4) is 0 Å². The van der Waals surface area contributed by atoms with E-state index in [1.807, 2.05) is 17.4 Å². The lowest BCUT2D eigenvalue weighted by Crippen LogP contribution is -2.15. The van der Waals surface area contributed by atoms with Crippen LogP contribution in [0.1, 0.15) is 34.9 Å². The van der Waals surface area contributed by atoms with E-state index < -0.39 is 0 Å². The molecule has 1 aromatic carbocycles. The van der Waals surface area contributed by atoms with Gasteiger partial charge in [0.05, 0.1) is 19.6 Å². The summed E-state index contributed by atoms with van der Waals surface area (Å²) in [6.45, 7) is 2.07. The lowest BCUT2D eigenvalue weighted by molar-refractivity contribution is 0.609. The molecule has 0 bridgehead atoms. The summed E-state index contributed by atoms with van der Waals surface area (Å²) in [6.07, 6.45) is 3.66. The number of nitrogens with one attached hydrogen (secondary N) is 1. The van der Waals surface area contributed by atoms with Gasteiger partial charge in [0, 0.05) is 4.88 Å². The summed E-state index contributed by atoms with van der Waals surface area (Å²) >= 11 is 10.7. The van der Waals surface area contributed by atoms with E-state index in [4.69, 9.17) is 11.6 Å². The van der Waals surface area contributed by atoms with Gasteiger partial charge in [-0.25, -0.2) is 0 Å². The average molecular weight is 404 g/mol. The first-order valence-corrected chi connectivity index (χ1v) is 8.71. The molecule has 4 heteroatoms. The van der Waals surface area contributed by atoms with Crippen LogP contribution in [0.25, 0.3) is 0 Å². The minimum atomic E-state index is 0.406. The number of fused-ring (bicyclic) bond motifs is 1. The SMILES string of the molecule is Cc1ccc(NC2CCCc3sc(I)cc32)c(Cl)c1. The van der Waals surface area contributed by atoms with Crippen molar-refractivity contribution in [3.63, 3.8) is 0 Å². The Bertz CT molecular complexity index is 608. The van der Waals surface area contributed by atoms with Gasteiger partial charge in [0.15, 0.2) is 0 Å². The summed E-state index contributed by atoms with van der Waals surface area (Å²) in [5.41, 5.74) is 3.72. The number of thiophene rings is 1. The van der Waals surface area contributed by atoms with Gasteiger partial charge in [0.25, 0.3) is 0 Å². The van der Waals surface area contributed by atoms with Gasteiger partial charge in [-0.1, -0.05) is 17.7 Å². The molecule has 1 nitrogen and oxygen atoms in total. The molecule has 0 saturated heterocycles. The molecular weight excluding hydrogens is 389 g/mol. The molecule has 3 rings (SSSR count). The van der Waals surface area contributed by atoms with E-state index in [0.717, 1.165) is 10.7 Å². The molecule has 0 amide bonds. The summed E-state index contributed by atoms with van der Waals surface area (Å²) < 4.78 is 1.38. The fraction of sp³-hybridized carbons (Fsp3) is 0.333. The summed E-state index contributed by atoms with van der Waals surface area (Å²) in [7, 11) is 0. The highest BCUT2D eigenvalue weighted by Gasteiger charge is 2.22. The molecule has 0 spiro atoms. The number of benzene rings is 1. The van der Waals surface area contributed by atoms with E-state index in [0.29, 0.717) is 6.04 Å². The number of halogens is 2. The van der Waals surface area contributed by atoms with Crippen molar-refractivity contribution in [3.05, 3.63) is 48.2 Å². The zero-order valence-corrected chi connectivity index (χ0v) is 14.4. The van der Waals surface area contributed by atoms with Gasteiger partial charge in [0.1, 0.15) is 0 Å². The molecule has 1 atom stereocenters. The second kappa shape index (κ2) is 5.62. The van der Waals surface area contributed by atoms with Crippen molar-refractivity contribution in [1.29, 1.82) is 0 Å². The summed E-state index contributed by atoms with van der Waals surface area (Å²) in [5.74, 6) is 0. The molecule has 0 fully saturated rings. The lowest BCUT2D eigenvalue weighted by Gasteiger charge is -2.25. The first kappa shape index (κ1) is 13.7. The van der Waals surface area contributed by atoms with Crippen LogP contribution in [-0.4, -0.2) is 0 Å². The Morgan fingerprint density at radius 3 is 3.00 bits per heavy atom. The normalized spacial score (nSPS) is 18.2. The molecule has 0 aliphatic heterocycles. The van der Waals surface area contributed by atoms with Crippen molar-refractivity contribution in [2.75, 3.05) is 5.32 Å². The highest BCUT2D eigenvalue weighted by molar-refractivity contribution is 14.1. The zero-order valence-electron chi connectivity index (χ0n) is 10.7. The number of rotatable bonds is 2. The van der Waals surface area contributed by atoms with Crippen LogP contribution in [0.2, 0.25) is 5.02 Å². The van der Waals surface area contributed by atoms with Crippen LogP contribution in [0.3, 0.4) is 0 Å². The molecule has 1 aliphatic rings. The van der Waals surface area contributed by atoms with Crippen LogP contribution in [0.4, 0.5) is 5.69 Å². The van der Waals surface area contributed by atoms with Gasteiger partial charge in [-0.3, -0.25) is 0 Å². The Morgan fingerprint density at radius 1 is 1.37 bits per heavy atom. The fourth-order valence-corrected chi connectivity index (χ4v) is 5.01. The number of aryl methyl sites for hydroxylation is 2. The maximum atomic E-state index is 6.32. The molecule has 1 aliphatic carbocycles. The predicted molar refractivity (Wildman–Crippen MR) is 92.5 cm³/mol. The first-order valence-electron chi connectivity index (χ1n) is 6.44. The highest BCUT2D eigenvalue weighted by atomic mass is 127. The van der Waals surface area contributed by atoms with Crippen molar-refractivity contribution in [1.82, 2.24) is 0 Å². The van der Waals surface area contributed by atoms with Crippen molar-refractivity contribution >= 4 is 51.2 Å². The third-order valence-electron chi connectivity index (χ3n) is 3.54. The van der Waals surface area contributed by atoms with Crippen LogP contribution in [0, 0.1) is 9.81 Å². The second-order valence-electron chi connectivity index (χ2n) is 5.00. The van der Waals surface area contributed by atoms with Crippen LogP contribution in [0.5, 0.6) is 0 Å². The summed E-state index contributed by atoms with van der Waals surface area (Å²) in [4.78, 5) is 1.54. The topological polar surface area (TPSA) is 12.0 Å². The smallest absolute Gasteiger partial charge is 0.0660 e.